The number of ether oxygens (including phenoxy) is 1. The molecule has 2 aromatic rings. The number of nitrogens with zero attached hydrogens (tertiary/aromatic N) is 3. The lowest BCUT2D eigenvalue weighted by molar-refractivity contribution is 0.0987. The molecule has 2 N–H and O–H groups in total. The van der Waals surface area contributed by atoms with Gasteiger partial charge >= 0.3 is 0 Å². The first kappa shape index (κ1) is 14.7. The first-order chi connectivity index (χ1) is 9.63. The Balaban J connectivity index is 2.16. The standard InChI is InChI=1S/C13H15BrN4O2/c1-20-13-3-2-10(14)6-9(13)7-12(19)11-8-18(5-4-15)17-16-11/h2-3,6,8H,4-5,7,15H2,1H3. The van der Waals surface area contributed by atoms with Crippen LogP contribution in [0.5, 0.6) is 5.75 Å². The lowest BCUT2D eigenvalue weighted by Crippen LogP contribution is -2.10. The van der Waals surface area contributed by atoms with E-state index in [0.29, 0.717) is 24.5 Å². The molecule has 20 heavy (non-hydrogen) atoms. The second kappa shape index (κ2) is 6.62. The van der Waals surface area contributed by atoms with Crippen LogP contribution in [0.4, 0.5) is 0 Å². The summed E-state index contributed by atoms with van der Waals surface area (Å²) >= 11 is 3.38. The van der Waals surface area contributed by atoms with Crippen LogP contribution in [0.1, 0.15) is 16.1 Å². The number of methoxy groups -OCH3 is 1. The number of aromatic nitrogens is 3. The van der Waals surface area contributed by atoms with Gasteiger partial charge in [-0.05, 0) is 18.2 Å². The lowest BCUT2D eigenvalue weighted by Gasteiger charge is -2.07. The Morgan fingerprint density at radius 3 is 3.00 bits per heavy atom. The Labute approximate surface area is 125 Å². The van der Waals surface area contributed by atoms with Crippen molar-refractivity contribution in [1.82, 2.24) is 15.0 Å². The zero-order valence-corrected chi connectivity index (χ0v) is 12.6. The maximum Gasteiger partial charge on any atom is 0.189 e. The maximum absolute atomic E-state index is 12.2. The first-order valence-corrected chi connectivity index (χ1v) is 6.89. The summed E-state index contributed by atoms with van der Waals surface area (Å²) in [6.45, 7) is 0.997. The van der Waals surface area contributed by atoms with E-state index in [0.717, 1.165) is 10.0 Å². The summed E-state index contributed by atoms with van der Waals surface area (Å²) in [6.07, 6.45) is 1.82. The number of carbonyl (C=O) groups is 1. The summed E-state index contributed by atoms with van der Waals surface area (Å²) < 4.78 is 7.71. The van der Waals surface area contributed by atoms with Gasteiger partial charge in [-0.1, -0.05) is 21.1 Å². The van der Waals surface area contributed by atoms with Crippen LogP contribution in [-0.2, 0) is 13.0 Å². The van der Waals surface area contributed by atoms with Crippen molar-refractivity contribution in [2.45, 2.75) is 13.0 Å². The summed E-state index contributed by atoms with van der Waals surface area (Å²) in [5.74, 6) is 0.570. The smallest absolute Gasteiger partial charge is 0.189 e. The van der Waals surface area contributed by atoms with Crippen LogP contribution < -0.4 is 10.5 Å². The summed E-state index contributed by atoms with van der Waals surface area (Å²) in [7, 11) is 1.58. The maximum atomic E-state index is 12.2. The van der Waals surface area contributed by atoms with E-state index in [1.807, 2.05) is 18.2 Å². The Hall–Kier alpha value is -1.73. The van der Waals surface area contributed by atoms with Crippen molar-refractivity contribution in [1.29, 1.82) is 0 Å². The topological polar surface area (TPSA) is 83.0 Å². The molecule has 0 atom stereocenters. The predicted octanol–water partition coefficient (Wildman–Crippen LogP) is 1.43. The molecule has 1 aromatic carbocycles. The van der Waals surface area contributed by atoms with Gasteiger partial charge in [0.2, 0.25) is 0 Å². The fraction of sp³-hybridized carbons (Fsp3) is 0.308. The van der Waals surface area contributed by atoms with Gasteiger partial charge in [0.05, 0.1) is 19.9 Å². The van der Waals surface area contributed by atoms with Gasteiger partial charge < -0.3 is 10.5 Å². The molecule has 0 saturated heterocycles. The molecule has 0 bridgehead atoms. The highest BCUT2D eigenvalue weighted by molar-refractivity contribution is 9.10. The fourth-order valence-corrected chi connectivity index (χ4v) is 2.23. The summed E-state index contributed by atoms with van der Waals surface area (Å²) in [4.78, 5) is 12.2. The van der Waals surface area contributed by atoms with Gasteiger partial charge in [-0.15, -0.1) is 5.10 Å². The van der Waals surface area contributed by atoms with E-state index >= 15 is 0 Å². The zero-order valence-electron chi connectivity index (χ0n) is 11.0. The van der Waals surface area contributed by atoms with E-state index in [4.69, 9.17) is 10.5 Å². The monoisotopic (exact) mass is 338 g/mol. The minimum atomic E-state index is -0.107. The normalized spacial score (nSPS) is 10.6. The highest BCUT2D eigenvalue weighted by Crippen LogP contribution is 2.24. The summed E-state index contributed by atoms with van der Waals surface area (Å²) in [5, 5.41) is 7.72. The third-order valence-corrected chi connectivity index (χ3v) is 3.27. The number of halogens is 1. The molecule has 0 spiro atoms. The van der Waals surface area contributed by atoms with Crippen LogP contribution in [0, 0.1) is 0 Å². The number of Topliss-reactive ketones (excluding diaryl/α,β-unsaturated/α-hetero) is 1. The van der Waals surface area contributed by atoms with Crippen LogP contribution in [0.15, 0.2) is 28.9 Å². The van der Waals surface area contributed by atoms with E-state index in [2.05, 4.69) is 26.2 Å². The van der Waals surface area contributed by atoms with E-state index < -0.39 is 0 Å². The Morgan fingerprint density at radius 2 is 2.30 bits per heavy atom. The quantitative estimate of drug-likeness (QED) is 0.805. The molecule has 0 amide bonds. The molecule has 6 nitrogen and oxygen atoms in total. The molecule has 1 heterocycles. The van der Waals surface area contributed by atoms with E-state index in [-0.39, 0.29) is 12.2 Å². The Bertz CT molecular complexity index is 612. The van der Waals surface area contributed by atoms with Crippen LogP contribution >= 0.6 is 15.9 Å². The molecule has 7 heteroatoms. The number of ketones is 1. The second-order valence-electron chi connectivity index (χ2n) is 4.21. The summed E-state index contributed by atoms with van der Waals surface area (Å²) in [5.41, 5.74) is 6.57. The average Bonchev–Trinajstić information content (AvgIpc) is 2.88. The average molecular weight is 339 g/mol. The van der Waals surface area contributed by atoms with Gasteiger partial charge in [0.1, 0.15) is 11.4 Å². The molecule has 106 valence electrons. The molecule has 0 aliphatic rings. The largest absolute Gasteiger partial charge is 0.496 e. The first-order valence-electron chi connectivity index (χ1n) is 6.10. The Morgan fingerprint density at radius 1 is 1.50 bits per heavy atom. The molecule has 1 aromatic heterocycles. The van der Waals surface area contributed by atoms with Crippen molar-refractivity contribution in [2.24, 2.45) is 5.73 Å². The molecule has 0 aliphatic heterocycles. The minimum absolute atomic E-state index is 0.107. The van der Waals surface area contributed by atoms with E-state index in [1.165, 1.54) is 0 Å². The molecule has 0 radical (unpaired) electrons. The van der Waals surface area contributed by atoms with Crippen molar-refractivity contribution in [3.05, 3.63) is 40.1 Å². The van der Waals surface area contributed by atoms with Gasteiger partial charge in [0.15, 0.2) is 5.78 Å². The number of benzene rings is 1. The molecule has 0 unspecified atom stereocenters. The minimum Gasteiger partial charge on any atom is -0.496 e. The van der Waals surface area contributed by atoms with Gasteiger partial charge in [-0.2, -0.15) is 0 Å². The highest BCUT2D eigenvalue weighted by Gasteiger charge is 2.14. The van der Waals surface area contributed by atoms with Crippen molar-refractivity contribution in [3.63, 3.8) is 0 Å². The van der Waals surface area contributed by atoms with E-state index in [1.54, 1.807) is 18.0 Å². The summed E-state index contributed by atoms with van der Waals surface area (Å²) in [6, 6.07) is 5.54. The van der Waals surface area contributed by atoms with Crippen molar-refractivity contribution >= 4 is 21.7 Å². The fourth-order valence-electron chi connectivity index (χ4n) is 1.82. The molecular formula is C13H15BrN4O2. The van der Waals surface area contributed by atoms with Crippen molar-refractivity contribution in [3.8, 4) is 5.75 Å². The van der Waals surface area contributed by atoms with Crippen LogP contribution in [0.25, 0.3) is 0 Å². The molecule has 0 fully saturated rings. The van der Waals surface area contributed by atoms with E-state index in [9.17, 15) is 4.79 Å². The number of rotatable bonds is 6. The third-order valence-electron chi connectivity index (χ3n) is 2.78. The van der Waals surface area contributed by atoms with Crippen LogP contribution in [-0.4, -0.2) is 34.4 Å². The second-order valence-corrected chi connectivity index (χ2v) is 5.13. The number of hydrogen-bond donors (Lipinski definition) is 1. The number of nitrogens with two attached hydrogens (primary N) is 1. The molecule has 0 aliphatic carbocycles. The lowest BCUT2D eigenvalue weighted by atomic mass is 10.1. The number of hydrogen-bond acceptors (Lipinski definition) is 5. The molecule has 2 rings (SSSR count). The molecule has 0 saturated carbocycles. The third kappa shape index (κ3) is 3.43. The van der Waals surface area contributed by atoms with Crippen LogP contribution in [0.2, 0.25) is 0 Å². The van der Waals surface area contributed by atoms with Gasteiger partial charge in [-0.3, -0.25) is 9.48 Å². The van der Waals surface area contributed by atoms with Crippen LogP contribution in [0.3, 0.4) is 0 Å². The van der Waals surface area contributed by atoms with Gasteiger partial charge in [-0.25, -0.2) is 0 Å². The van der Waals surface area contributed by atoms with Gasteiger partial charge in [0, 0.05) is 23.0 Å². The Kier molecular flexibility index (Phi) is 4.86. The highest BCUT2D eigenvalue weighted by atomic mass is 79.9. The number of carbonyl (C=O) groups excluding carboxylic acids is 1. The predicted molar refractivity (Wildman–Crippen MR) is 77.8 cm³/mol. The SMILES string of the molecule is COc1ccc(Br)cc1CC(=O)c1cn(CCN)nn1. The zero-order chi connectivity index (χ0) is 14.5. The van der Waals surface area contributed by atoms with Crippen molar-refractivity contribution in [2.75, 3.05) is 13.7 Å². The van der Waals surface area contributed by atoms with Gasteiger partial charge in [0.25, 0.3) is 0 Å². The molecular weight excluding hydrogens is 324 g/mol. The van der Waals surface area contributed by atoms with Crippen molar-refractivity contribution < 1.29 is 9.53 Å².